The average Bonchev–Trinajstić information content (AvgIpc) is 2.92. The highest BCUT2D eigenvalue weighted by Crippen LogP contribution is 2.30. The molecule has 2 heterocycles. The molecular formula is C16H19N3O4. The number of nitrogens with zero attached hydrogens (tertiary/aromatic N) is 2. The van der Waals surface area contributed by atoms with Crippen LogP contribution in [0.4, 0.5) is 5.69 Å². The Bertz CT molecular complexity index is 781. The summed E-state index contributed by atoms with van der Waals surface area (Å²) >= 11 is 0. The number of hydrogen-bond acceptors (Lipinski definition) is 5. The molecule has 1 fully saturated rings. The SMILES string of the molecule is CC1(C)CN(C(=O)c2cc3cc([N+](=O)[O-])ccc3o2)CCC1N. The van der Waals surface area contributed by atoms with Gasteiger partial charge in [-0.15, -0.1) is 0 Å². The first kappa shape index (κ1) is 15.5. The van der Waals surface area contributed by atoms with Gasteiger partial charge in [0, 0.05) is 36.7 Å². The molecule has 1 unspecified atom stereocenters. The van der Waals surface area contributed by atoms with Crippen molar-refractivity contribution >= 4 is 22.6 Å². The van der Waals surface area contributed by atoms with Gasteiger partial charge >= 0.3 is 0 Å². The first-order valence-electron chi connectivity index (χ1n) is 7.51. The summed E-state index contributed by atoms with van der Waals surface area (Å²) in [6.45, 7) is 5.23. The third-order valence-electron chi connectivity index (χ3n) is 4.52. The first-order valence-corrected chi connectivity index (χ1v) is 7.51. The summed E-state index contributed by atoms with van der Waals surface area (Å²) in [5.74, 6) is -0.00408. The van der Waals surface area contributed by atoms with E-state index in [1.165, 1.54) is 18.2 Å². The van der Waals surface area contributed by atoms with E-state index in [9.17, 15) is 14.9 Å². The largest absolute Gasteiger partial charge is 0.451 e. The highest BCUT2D eigenvalue weighted by molar-refractivity contribution is 5.96. The number of nitro benzene ring substituents is 1. The molecule has 1 saturated heterocycles. The topological polar surface area (TPSA) is 103 Å². The van der Waals surface area contributed by atoms with Crippen molar-refractivity contribution in [2.45, 2.75) is 26.3 Å². The lowest BCUT2D eigenvalue weighted by Gasteiger charge is -2.42. The van der Waals surface area contributed by atoms with Crippen molar-refractivity contribution in [3.63, 3.8) is 0 Å². The molecule has 3 rings (SSSR count). The Balaban J connectivity index is 1.88. The van der Waals surface area contributed by atoms with Crippen LogP contribution in [0.3, 0.4) is 0 Å². The standard InChI is InChI=1S/C16H19N3O4/c1-16(2)9-18(6-5-14(16)17)15(20)13-8-10-7-11(19(21)22)3-4-12(10)23-13/h3-4,7-8,14H,5-6,9,17H2,1-2H3. The minimum atomic E-state index is -0.470. The molecule has 2 aromatic rings. The Labute approximate surface area is 133 Å². The van der Waals surface area contributed by atoms with Gasteiger partial charge in [-0.2, -0.15) is 0 Å². The molecule has 1 aliphatic rings. The zero-order valence-electron chi connectivity index (χ0n) is 13.1. The second kappa shape index (κ2) is 5.34. The Morgan fingerprint density at radius 2 is 2.17 bits per heavy atom. The summed E-state index contributed by atoms with van der Waals surface area (Å²) in [5.41, 5.74) is 6.38. The number of likely N-dealkylation sites (tertiary alicyclic amines) is 1. The van der Waals surface area contributed by atoms with E-state index < -0.39 is 4.92 Å². The maximum absolute atomic E-state index is 12.6. The van der Waals surface area contributed by atoms with E-state index in [-0.39, 0.29) is 28.8 Å². The Morgan fingerprint density at radius 3 is 2.83 bits per heavy atom. The van der Waals surface area contributed by atoms with Crippen LogP contribution in [0.25, 0.3) is 11.0 Å². The maximum atomic E-state index is 12.6. The number of piperidine rings is 1. The number of carbonyl (C=O) groups excluding carboxylic acids is 1. The molecule has 1 amide bonds. The highest BCUT2D eigenvalue weighted by Gasteiger charge is 2.36. The van der Waals surface area contributed by atoms with Crippen molar-refractivity contribution in [2.75, 3.05) is 13.1 Å². The summed E-state index contributed by atoms with van der Waals surface area (Å²) in [6, 6.07) is 5.91. The highest BCUT2D eigenvalue weighted by atomic mass is 16.6. The third kappa shape index (κ3) is 2.79. The van der Waals surface area contributed by atoms with Crippen molar-refractivity contribution < 1.29 is 14.1 Å². The number of nitrogens with two attached hydrogens (primary N) is 1. The van der Waals surface area contributed by atoms with E-state index in [2.05, 4.69) is 0 Å². The van der Waals surface area contributed by atoms with Crippen LogP contribution in [0.5, 0.6) is 0 Å². The van der Waals surface area contributed by atoms with Crippen LogP contribution < -0.4 is 5.73 Å². The smallest absolute Gasteiger partial charge is 0.289 e. The number of nitro groups is 1. The van der Waals surface area contributed by atoms with E-state index in [1.807, 2.05) is 13.8 Å². The summed E-state index contributed by atoms with van der Waals surface area (Å²) < 4.78 is 5.57. The second-order valence-corrected chi connectivity index (χ2v) is 6.70. The van der Waals surface area contributed by atoms with Gasteiger partial charge in [-0.3, -0.25) is 14.9 Å². The molecular weight excluding hydrogens is 298 g/mol. The molecule has 0 saturated carbocycles. The molecule has 1 aromatic carbocycles. The number of furan rings is 1. The van der Waals surface area contributed by atoms with Gasteiger partial charge in [0.25, 0.3) is 11.6 Å². The zero-order chi connectivity index (χ0) is 16.8. The predicted molar refractivity (Wildman–Crippen MR) is 85.1 cm³/mol. The van der Waals surface area contributed by atoms with E-state index in [0.29, 0.717) is 24.1 Å². The molecule has 1 aliphatic heterocycles. The van der Waals surface area contributed by atoms with Crippen LogP contribution in [0.1, 0.15) is 30.8 Å². The lowest BCUT2D eigenvalue weighted by molar-refractivity contribution is -0.384. The fourth-order valence-corrected chi connectivity index (χ4v) is 2.95. The number of hydrogen-bond donors (Lipinski definition) is 1. The first-order chi connectivity index (χ1) is 10.8. The molecule has 1 atom stereocenters. The molecule has 0 spiro atoms. The van der Waals surface area contributed by atoms with Crippen molar-refractivity contribution in [3.8, 4) is 0 Å². The van der Waals surface area contributed by atoms with E-state index in [1.54, 1.807) is 11.0 Å². The molecule has 0 aliphatic carbocycles. The van der Waals surface area contributed by atoms with Crippen LogP contribution in [0.2, 0.25) is 0 Å². The molecule has 122 valence electrons. The van der Waals surface area contributed by atoms with Gasteiger partial charge < -0.3 is 15.1 Å². The van der Waals surface area contributed by atoms with Crippen LogP contribution in [-0.4, -0.2) is 34.9 Å². The Morgan fingerprint density at radius 1 is 1.43 bits per heavy atom. The summed E-state index contributed by atoms with van der Waals surface area (Å²) in [5, 5.41) is 11.4. The van der Waals surface area contributed by atoms with Gasteiger partial charge in [-0.05, 0) is 24.0 Å². The van der Waals surface area contributed by atoms with Gasteiger partial charge in [0.2, 0.25) is 0 Å². The lowest BCUT2D eigenvalue weighted by atomic mass is 9.79. The van der Waals surface area contributed by atoms with Gasteiger partial charge in [-0.25, -0.2) is 0 Å². The van der Waals surface area contributed by atoms with E-state index in [0.717, 1.165) is 6.42 Å². The van der Waals surface area contributed by atoms with Crippen molar-refractivity contribution in [2.24, 2.45) is 11.1 Å². The van der Waals surface area contributed by atoms with Gasteiger partial charge in [0.15, 0.2) is 5.76 Å². The van der Waals surface area contributed by atoms with E-state index in [4.69, 9.17) is 10.2 Å². The Hall–Kier alpha value is -2.41. The van der Waals surface area contributed by atoms with Gasteiger partial charge in [0.1, 0.15) is 5.58 Å². The van der Waals surface area contributed by atoms with Crippen LogP contribution in [-0.2, 0) is 0 Å². The summed E-state index contributed by atoms with van der Waals surface area (Å²) in [7, 11) is 0. The zero-order valence-corrected chi connectivity index (χ0v) is 13.1. The number of non-ortho nitro benzene ring substituents is 1. The van der Waals surface area contributed by atoms with Crippen molar-refractivity contribution in [3.05, 3.63) is 40.1 Å². The third-order valence-corrected chi connectivity index (χ3v) is 4.52. The van der Waals surface area contributed by atoms with Crippen LogP contribution >= 0.6 is 0 Å². The predicted octanol–water partition coefficient (Wildman–Crippen LogP) is 2.54. The number of carbonyl (C=O) groups is 1. The monoisotopic (exact) mass is 317 g/mol. The number of rotatable bonds is 2. The molecule has 23 heavy (non-hydrogen) atoms. The minimum absolute atomic E-state index is 0.0256. The molecule has 0 bridgehead atoms. The quantitative estimate of drug-likeness (QED) is 0.677. The van der Waals surface area contributed by atoms with Crippen molar-refractivity contribution in [1.29, 1.82) is 0 Å². The number of benzene rings is 1. The Kier molecular flexibility index (Phi) is 3.60. The second-order valence-electron chi connectivity index (χ2n) is 6.70. The van der Waals surface area contributed by atoms with Crippen LogP contribution in [0.15, 0.2) is 28.7 Å². The number of fused-ring (bicyclic) bond motifs is 1. The molecule has 1 aromatic heterocycles. The van der Waals surface area contributed by atoms with Crippen LogP contribution in [0, 0.1) is 15.5 Å². The lowest BCUT2D eigenvalue weighted by Crippen LogP contribution is -2.53. The average molecular weight is 317 g/mol. The molecule has 2 N–H and O–H groups in total. The summed E-state index contributed by atoms with van der Waals surface area (Å²) in [4.78, 5) is 24.7. The fourth-order valence-electron chi connectivity index (χ4n) is 2.95. The molecule has 7 heteroatoms. The molecule has 0 radical (unpaired) electrons. The number of amides is 1. The van der Waals surface area contributed by atoms with Gasteiger partial charge in [-0.1, -0.05) is 13.8 Å². The molecule has 7 nitrogen and oxygen atoms in total. The minimum Gasteiger partial charge on any atom is -0.451 e. The fraction of sp³-hybridized carbons (Fsp3) is 0.438. The van der Waals surface area contributed by atoms with E-state index >= 15 is 0 Å². The van der Waals surface area contributed by atoms with Crippen molar-refractivity contribution in [1.82, 2.24) is 4.90 Å². The normalized spacial score (nSPS) is 20.7. The maximum Gasteiger partial charge on any atom is 0.289 e. The van der Waals surface area contributed by atoms with Gasteiger partial charge in [0.05, 0.1) is 4.92 Å². The summed E-state index contributed by atoms with van der Waals surface area (Å²) in [6.07, 6.45) is 0.741.